The lowest BCUT2D eigenvalue weighted by atomic mass is 10.0. The molecule has 88 valence electrons. The molecule has 1 unspecified atom stereocenters. The van der Waals surface area contributed by atoms with Crippen molar-refractivity contribution in [3.63, 3.8) is 0 Å². The molecular formula is C10H15N3O2S. The van der Waals surface area contributed by atoms with Crippen LogP contribution in [0.15, 0.2) is 22.0 Å². The number of carbonyl (C=O) groups excluding carboxylic acids is 1. The van der Waals surface area contributed by atoms with Crippen LogP contribution >= 0.6 is 11.3 Å². The molecule has 0 bridgehead atoms. The van der Waals surface area contributed by atoms with E-state index < -0.39 is 6.04 Å². The molecule has 6 heteroatoms. The van der Waals surface area contributed by atoms with Crippen LogP contribution in [-0.2, 0) is 0 Å². The van der Waals surface area contributed by atoms with Crippen molar-refractivity contribution < 1.29 is 10.0 Å². The van der Waals surface area contributed by atoms with Crippen molar-refractivity contribution in [2.24, 2.45) is 16.8 Å². The number of amides is 1. The third-order valence-electron chi connectivity index (χ3n) is 2.17. The topological polar surface area (TPSA) is 87.7 Å². The molecule has 0 fully saturated rings. The Balaban J connectivity index is 2.73. The van der Waals surface area contributed by atoms with Gasteiger partial charge in [-0.3, -0.25) is 4.79 Å². The van der Waals surface area contributed by atoms with Gasteiger partial charge in [0.25, 0.3) is 5.91 Å². The van der Waals surface area contributed by atoms with Crippen molar-refractivity contribution in [1.82, 2.24) is 5.32 Å². The molecule has 0 aliphatic heterocycles. The van der Waals surface area contributed by atoms with Gasteiger partial charge in [0, 0.05) is 5.38 Å². The Kier molecular flexibility index (Phi) is 4.30. The number of nitrogens with two attached hydrogens (primary N) is 1. The smallest absolute Gasteiger partial charge is 0.252 e. The van der Waals surface area contributed by atoms with E-state index in [1.807, 2.05) is 19.2 Å². The lowest BCUT2D eigenvalue weighted by molar-refractivity contribution is 0.0939. The van der Waals surface area contributed by atoms with Gasteiger partial charge in [-0.25, -0.2) is 0 Å². The number of oxime groups is 1. The van der Waals surface area contributed by atoms with Crippen molar-refractivity contribution in [1.29, 1.82) is 0 Å². The second-order valence-corrected chi connectivity index (χ2v) is 4.51. The number of nitrogens with zero attached hydrogens (tertiary/aromatic N) is 1. The Labute approximate surface area is 98.0 Å². The summed E-state index contributed by atoms with van der Waals surface area (Å²) in [6, 6.07) is 1.27. The molecule has 1 heterocycles. The first-order chi connectivity index (χ1) is 7.56. The standard InChI is InChI=1S/C10H15N3O2S/c1-6(2)8(9(11)13-15)12-10(14)7-3-4-16-5-7/h3-6,8,15H,1-2H3,(H2,11,13)(H,12,14). The maximum atomic E-state index is 11.7. The minimum Gasteiger partial charge on any atom is -0.409 e. The molecule has 5 nitrogen and oxygen atoms in total. The Morgan fingerprint density at radius 2 is 2.31 bits per heavy atom. The third kappa shape index (κ3) is 2.96. The van der Waals surface area contributed by atoms with Crippen molar-refractivity contribution in [3.05, 3.63) is 22.4 Å². The highest BCUT2D eigenvalue weighted by molar-refractivity contribution is 7.08. The minimum atomic E-state index is -0.461. The van der Waals surface area contributed by atoms with Gasteiger partial charge in [-0.1, -0.05) is 19.0 Å². The van der Waals surface area contributed by atoms with Gasteiger partial charge in [-0.05, 0) is 17.4 Å². The second-order valence-electron chi connectivity index (χ2n) is 3.73. The van der Waals surface area contributed by atoms with Gasteiger partial charge in [-0.15, -0.1) is 0 Å². The summed E-state index contributed by atoms with van der Waals surface area (Å²) in [5, 5.41) is 17.8. The van der Waals surface area contributed by atoms with Gasteiger partial charge in [0.15, 0.2) is 5.84 Å². The van der Waals surface area contributed by atoms with Crippen molar-refractivity contribution in [3.8, 4) is 0 Å². The zero-order chi connectivity index (χ0) is 12.1. The number of hydrogen-bond acceptors (Lipinski definition) is 4. The van der Waals surface area contributed by atoms with E-state index in [1.165, 1.54) is 11.3 Å². The molecule has 0 radical (unpaired) electrons. The SMILES string of the molecule is CC(C)C(NC(=O)c1ccsc1)C(N)=NO. The average molecular weight is 241 g/mol. The van der Waals surface area contributed by atoms with Crippen LogP contribution in [0, 0.1) is 5.92 Å². The molecule has 1 aromatic heterocycles. The molecule has 1 amide bonds. The molecule has 0 aromatic carbocycles. The lowest BCUT2D eigenvalue weighted by Crippen LogP contribution is -2.47. The monoisotopic (exact) mass is 241 g/mol. The summed E-state index contributed by atoms with van der Waals surface area (Å²) < 4.78 is 0. The zero-order valence-corrected chi connectivity index (χ0v) is 9.99. The van der Waals surface area contributed by atoms with E-state index in [0.717, 1.165) is 0 Å². The van der Waals surface area contributed by atoms with Crippen LogP contribution in [0.1, 0.15) is 24.2 Å². The summed E-state index contributed by atoms with van der Waals surface area (Å²) in [7, 11) is 0. The third-order valence-corrected chi connectivity index (χ3v) is 2.85. The highest BCUT2D eigenvalue weighted by atomic mass is 32.1. The molecular weight excluding hydrogens is 226 g/mol. The maximum absolute atomic E-state index is 11.7. The van der Waals surface area contributed by atoms with Crippen LogP contribution in [0.3, 0.4) is 0 Å². The summed E-state index contributed by atoms with van der Waals surface area (Å²) >= 11 is 1.45. The first-order valence-corrected chi connectivity index (χ1v) is 5.81. The van der Waals surface area contributed by atoms with E-state index in [9.17, 15) is 4.79 Å². The van der Waals surface area contributed by atoms with E-state index in [1.54, 1.807) is 11.4 Å². The Bertz CT molecular complexity index is 373. The Morgan fingerprint density at radius 3 is 2.75 bits per heavy atom. The molecule has 0 saturated carbocycles. The Hall–Kier alpha value is -1.56. The lowest BCUT2D eigenvalue weighted by Gasteiger charge is -2.20. The average Bonchev–Trinajstić information content (AvgIpc) is 2.77. The molecule has 1 rings (SSSR count). The Morgan fingerprint density at radius 1 is 1.62 bits per heavy atom. The number of thiophene rings is 1. The number of hydrogen-bond donors (Lipinski definition) is 3. The molecule has 0 aliphatic carbocycles. The fourth-order valence-electron chi connectivity index (χ4n) is 1.26. The molecule has 0 saturated heterocycles. The highest BCUT2D eigenvalue weighted by Crippen LogP contribution is 2.08. The van der Waals surface area contributed by atoms with Crippen LogP contribution in [0.5, 0.6) is 0 Å². The maximum Gasteiger partial charge on any atom is 0.252 e. The fraction of sp³-hybridized carbons (Fsp3) is 0.400. The summed E-state index contributed by atoms with van der Waals surface area (Å²) in [4.78, 5) is 11.7. The van der Waals surface area contributed by atoms with Gasteiger partial charge >= 0.3 is 0 Å². The van der Waals surface area contributed by atoms with Crippen molar-refractivity contribution in [2.45, 2.75) is 19.9 Å². The summed E-state index contributed by atoms with van der Waals surface area (Å²) in [6.45, 7) is 3.77. The zero-order valence-electron chi connectivity index (χ0n) is 9.18. The van der Waals surface area contributed by atoms with E-state index in [-0.39, 0.29) is 17.7 Å². The van der Waals surface area contributed by atoms with Crippen LogP contribution in [0.25, 0.3) is 0 Å². The fourth-order valence-corrected chi connectivity index (χ4v) is 1.90. The molecule has 16 heavy (non-hydrogen) atoms. The molecule has 4 N–H and O–H groups in total. The van der Waals surface area contributed by atoms with Crippen LogP contribution in [0.4, 0.5) is 0 Å². The van der Waals surface area contributed by atoms with Gasteiger partial charge < -0.3 is 16.3 Å². The molecule has 1 aromatic rings. The normalized spacial score (nSPS) is 13.8. The number of nitrogens with one attached hydrogen (secondary N) is 1. The number of rotatable bonds is 4. The van der Waals surface area contributed by atoms with Gasteiger partial charge in [-0.2, -0.15) is 11.3 Å². The highest BCUT2D eigenvalue weighted by Gasteiger charge is 2.21. The van der Waals surface area contributed by atoms with Crippen molar-refractivity contribution >= 4 is 23.1 Å². The summed E-state index contributed by atoms with van der Waals surface area (Å²) in [5.41, 5.74) is 6.09. The van der Waals surface area contributed by atoms with E-state index in [2.05, 4.69) is 10.5 Å². The number of amidine groups is 1. The molecule has 0 spiro atoms. The summed E-state index contributed by atoms with van der Waals surface area (Å²) in [6.07, 6.45) is 0. The first-order valence-electron chi connectivity index (χ1n) is 4.86. The van der Waals surface area contributed by atoms with E-state index >= 15 is 0 Å². The predicted molar refractivity (Wildman–Crippen MR) is 63.8 cm³/mol. The molecule has 1 atom stereocenters. The van der Waals surface area contributed by atoms with Crippen LogP contribution in [0.2, 0.25) is 0 Å². The van der Waals surface area contributed by atoms with E-state index in [4.69, 9.17) is 10.9 Å². The predicted octanol–water partition coefficient (Wildman–Crippen LogP) is 1.25. The second kappa shape index (κ2) is 5.50. The van der Waals surface area contributed by atoms with Crippen LogP contribution in [-0.4, -0.2) is 23.0 Å². The summed E-state index contributed by atoms with van der Waals surface area (Å²) in [5.74, 6) is -0.149. The van der Waals surface area contributed by atoms with Gasteiger partial charge in [0.05, 0.1) is 11.6 Å². The minimum absolute atomic E-state index is 0.0126. The molecule has 0 aliphatic rings. The van der Waals surface area contributed by atoms with Crippen LogP contribution < -0.4 is 11.1 Å². The van der Waals surface area contributed by atoms with Gasteiger partial charge in [0.1, 0.15) is 0 Å². The quantitative estimate of drug-likeness (QED) is 0.321. The van der Waals surface area contributed by atoms with Crippen molar-refractivity contribution in [2.75, 3.05) is 0 Å². The number of carbonyl (C=O) groups is 1. The van der Waals surface area contributed by atoms with Gasteiger partial charge in [0.2, 0.25) is 0 Å². The van der Waals surface area contributed by atoms with E-state index in [0.29, 0.717) is 5.56 Å². The first kappa shape index (κ1) is 12.5. The largest absolute Gasteiger partial charge is 0.409 e.